The second-order valence-electron chi connectivity index (χ2n) is 7.04. The van der Waals surface area contributed by atoms with E-state index in [2.05, 4.69) is 21.5 Å². The van der Waals surface area contributed by atoms with Crippen molar-refractivity contribution in [3.63, 3.8) is 0 Å². The number of amides is 1. The Morgan fingerprint density at radius 2 is 2.10 bits per heavy atom. The van der Waals surface area contributed by atoms with E-state index in [1.165, 1.54) is 6.33 Å². The fourth-order valence-corrected chi connectivity index (χ4v) is 4.47. The first-order valence-corrected chi connectivity index (χ1v) is 10.8. The number of ether oxygens (including phenoxy) is 1. The van der Waals surface area contributed by atoms with E-state index in [9.17, 15) is 4.79 Å². The minimum Gasteiger partial charge on any atom is -0.377 e. The Hall–Kier alpha value is -2.64. The average Bonchev–Trinajstić information content (AvgIpc) is 3.45. The quantitative estimate of drug-likeness (QED) is 0.578. The summed E-state index contributed by atoms with van der Waals surface area (Å²) in [7, 11) is 0. The van der Waals surface area contributed by atoms with Gasteiger partial charge in [0.1, 0.15) is 12.7 Å². The first-order valence-electron chi connectivity index (χ1n) is 9.80. The number of hydrogen-bond acceptors (Lipinski definition) is 5. The van der Waals surface area contributed by atoms with Gasteiger partial charge in [0.05, 0.1) is 18.2 Å². The molecule has 7 heteroatoms. The number of aromatic nitrogens is 3. The molecule has 0 aliphatic carbocycles. The summed E-state index contributed by atoms with van der Waals surface area (Å²) in [5, 5.41) is 7.19. The molecule has 29 heavy (non-hydrogen) atoms. The lowest BCUT2D eigenvalue weighted by molar-refractivity contribution is 0.0947. The van der Waals surface area contributed by atoms with E-state index in [1.807, 2.05) is 42.5 Å². The Bertz CT molecular complexity index is 940. The summed E-state index contributed by atoms with van der Waals surface area (Å²) >= 11 is 1.70. The monoisotopic (exact) mass is 408 g/mol. The highest BCUT2D eigenvalue weighted by Crippen LogP contribution is 2.26. The van der Waals surface area contributed by atoms with Crippen LogP contribution in [0, 0.1) is 0 Å². The van der Waals surface area contributed by atoms with Crippen molar-refractivity contribution >= 4 is 17.7 Å². The number of nitrogens with one attached hydrogen (secondary N) is 1. The van der Waals surface area contributed by atoms with E-state index < -0.39 is 0 Å². The van der Waals surface area contributed by atoms with Crippen LogP contribution in [0.1, 0.15) is 34.3 Å². The molecule has 2 heterocycles. The molecule has 1 unspecified atom stereocenters. The third-order valence-electron chi connectivity index (χ3n) is 4.84. The van der Waals surface area contributed by atoms with E-state index in [4.69, 9.17) is 4.74 Å². The molecule has 0 radical (unpaired) electrons. The Morgan fingerprint density at radius 1 is 1.21 bits per heavy atom. The largest absolute Gasteiger partial charge is 0.377 e. The lowest BCUT2D eigenvalue weighted by Crippen LogP contribution is -2.23. The predicted octanol–water partition coefficient (Wildman–Crippen LogP) is 3.53. The molecular formula is C22H24N4O2S. The summed E-state index contributed by atoms with van der Waals surface area (Å²) in [6, 6.07) is 15.9. The minimum absolute atomic E-state index is 0.0536. The van der Waals surface area contributed by atoms with E-state index >= 15 is 0 Å². The fourth-order valence-electron chi connectivity index (χ4n) is 3.36. The second-order valence-corrected chi connectivity index (χ2v) is 8.10. The normalized spacial score (nSPS) is 16.1. The fraction of sp³-hybridized carbons (Fsp3) is 0.318. The molecular weight excluding hydrogens is 384 g/mol. The Balaban J connectivity index is 1.36. The van der Waals surface area contributed by atoms with Gasteiger partial charge < -0.3 is 10.1 Å². The van der Waals surface area contributed by atoms with Gasteiger partial charge in [0, 0.05) is 23.8 Å². The van der Waals surface area contributed by atoms with Crippen molar-refractivity contribution in [3.05, 3.63) is 77.9 Å². The number of benzene rings is 2. The summed E-state index contributed by atoms with van der Waals surface area (Å²) in [5.74, 6) is 0.830. The first kappa shape index (κ1) is 19.7. The van der Waals surface area contributed by atoms with Crippen molar-refractivity contribution in [1.82, 2.24) is 20.1 Å². The minimum atomic E-state index is -0.0536. The maximum atomic E-state index is 12.8. The van der Waals surface area contributed by atoms with Crippen LogP contribution in [0.25, 0.3) is 0 Å². The van der Waals surface area contributed by atoms with Crippen LogP contribution in [0.15, 0.2) is 66.1 Å². The van der Waals surface area contributed by atoms with Gasteiger partial charge in [-0.25, -0.2) is 9.67 Å². The SMILES string of the molecule is O=C(NCc1cccc(Cn2cncn2)c1)c1ccccc1SCC1CCCO1. The standard InChI is InChI=1S/C22H24N4O2S/c27-22(20-8-1-2-9-21(20)29-14-19-7-4-10-28-19)24-12-17-5-3-6-18(11-17)13-26-16-23-15-25-26/h1-3,5-6,8-9,11,15-16,19H,4,7,10,12-14H2,(H,24,27). The molecule has 4 rings (SSSR count). The Kier molecular flexibility index (Phi) is 6.59. The van der Waals surface area contributed by atoms with Gasteiger partial charge in [-0.05, 0) is 36.1 Å². The number of hydrogen-bond donors (Lipinski definition) is 1. The molecule has 0 saturated carbocycles. The highest BCUT2D eigenvalue weighted by molar-refractivity contribution is 7.99. The highest BCUT2D eigenvalue weighted by Gasteiger charge is 2.17. The van der Waals surface area contributed by atoms with Gasteiger partial charge in [-0.2, -0.15) is 5.10 Å². The molecule has 1 N–H and O–H groups in total. The summed E-state index contributed by atoms with van der Waals surface area (Å²) in [4.78, 5) is 17.8. The smallest absolute Gasteiger partial charge is 0.252 e. The van der Waals surface area contributed by atoms with Gasteiger partial charge in [0.2, 0.25) is 0 Å². The molecule has 1 aliphatic rings. The molecule has 150 valence electrons. The zero-order valence-electron chi connectivity index (χ0n) is 16.2. The van der Waals surface area contributed by atoms with Gasteiger partial charge >= 0.3 is 0 Å². The van der Waals surface area contributed by atoms with E-state index in [0.29, 0.717) is 24.8 Å². The lowest BCUT2D eigenvalue weighted by atomic mass is 10.1. The molecule has 1 amide bonds. The number of nitrogens with zero attached hydrogens (tertiary/aromatic N) is 3. The van der Waals surface area contributed by atoms with Crippen LogP contribution in [-0.4, -0.2) is 39.1 Å². The van der Waals surface area contributed by atoms with Crippen LogP contribution in [0.5, 0.6) is 0 Å². The van der Waals surface area contributed by atoms with Crippen LogP contribution in [0.3, 0.4) is 0 Å². The van der Waals surface area contributed by atoms with Gasteiger partial charge in [-0.15, -0.1) is 11.8 Å². The van der Waals surface area contributed by atoms with Gasteiger partial charge in [-0.3, -0.25) is 4.79 Å². The van der Waals surface area contributed by atoms with Crippen LogP contribution < -0.4 is 5.32 Å². The van der Waals surface area contributed by atoms with E-state index in [0.717, 1.165) is 41.2 Å². The highest BCUT2D eigenvalue weighted by atomic mass is 32.2. The molecule has 0 spiro atoms. The molecule has 6 nitrogen and oxygen atoms in total. The maximum absolute atomic E-state index is 12.8. The zero-order chi connectivity index (χ0) is 19.9. The molecule has 1 fully saturated rings. The van der Waals surface area contributed by atoms with Crippen molar-refractivity contribution in [3.8, 4) is 0 Å². The molecule has 1 aliphatic heterocycles. The summed E-state index contributed by atoms with van der Waals surface area (Å²) in [6.45, 7) is 1.99. The summed E-state index contributed by atoms with van der Waals surface area (Å²) in [5.41, 5.74) is 2.89. The van der Waals surface area contributed by atoms with Crippen LogP contribution >= 0.6 is 11.8 Å². The molecule has 0 bridgehead atoms. The van der Waals surface area contributed by atoms with Crippen LogP contribution in [-0.2, 0) is 17.8 Å². The number of carbonyl (C=O) groups excluding carboxylic acids is 1. The van der Waals surface area contributed by atoms with Crippen LogP contribution in [0.2, 0.25) is 0 Å². The number of thioether (sulfide) groups is 1. The third-order valence-corrected chi connectivity index (χ3v) is 6.04. The zero-order valence-corrected chi connectivity index (χ0v) is 17.0. The predicted molar refractivity (Wildman–Crippen MR) is 113 cm³/mol. The Labute approximate surface area is 174 Å². The summed E-state index contributed by atoms with van der Waals surface area (Å²) < 4.78 is 7.47. The molecule has 1 aromatic heterocycles. The number of rotatable bonds is 8. The van der Waals surface area contributed by atoms with Crippen molar-refractivity contribution in [2.45, 2.75) is 36.9 Å². The van der Waals surface area contributed by atoms with Gasteiger partial charge in [0.15, 0.2) is 0 Å². The van der Waals surface area contributed by atoms with Gasteiger partial charge in [-0.1, -0.05) is 36.4 Å². The van der Waals surface area contributed by atoms with Crippen molar-refractivity contribution in [2.75, 3.05) is 12.4 Å². The topological polar surface area (TPSA) is 69.0 Å². The van der Waals surface area contributed by atoms with Gasteiger partial charge in [0.25, 0.3) is 5.91 Å². The average molecular weight is 409 g/mol. The lowest BCUT2D eigenvalue weighted by Gasteiger charge is -2.13. The third kappa shape index (κ3) is 5.46. The molecule has 2 aromatic carbocycles. The Morgan fingerprint density at radius 3 is 2.93 bits per heavy atom. The second kappa shape index (κ2) is 9.71. The number of carbonyl (C=O) groups is 1. The van der Waals surface area contributed by atoms with Crippen LogP contribution in [0.4, 0.5) is 0 Å². The molecule has 1 atom stereocenters. The molecule has 1 saturated heterocycles. The van der Waals surface area contributed by atoms with Crippen molar-refractivity contribution in [2.24, 2.45) is 0 Å². The maximum Gasteiger partial charge on any atom is 0.252 e. The van der Waals surface area contributed by atoms with Crippen molar-refractivity contribution < 1.29 is 9.53 Å². The van der Waals surface area contributed by atoms with E-state index in [1.54, 1.807) is 22.8 Å². The molecule has 3 aromatic rings. The van der Waals surface area contributed by atoms with Crippen molar-refractivity contribution in [1.29, 1.82) is 0 Å². The summed E-state index contributed by atoms with van der Waals surface area (Å²) in [6.07, 6.45) is 5.75. The van der Waals surface area contributed by atoms with E-state index in [-0.39, 0.29) is 5.91 Å². The first-order chi connectivity index (χ1) is 14.3.